The molecule has 0 aliphatic rings. The van der Waals surface area contributed by atoms with Crippen molar-refractivity contribution in [2.45, 2.75) is 4.90 Å². The van der Waals surface area contributed by atoms with E-state index in [1.165, 1.54) is 20.3 Å². The van der Waals surface area contributed by atoms with E-state index in [2.05, 4.69) is 19.7 Å². The first-order valence-corrected chi connectivity index (χ1v) is 10.1. The van der Waals surface area contributed by atoms with Gasteiger partial charge in [-0.05, 0) is 42.5 Å². The van der Waals surface area contributed by atoms with Crippen molar-refractivity contribution in [3.8, 4) is 22.9 Å². The molecule has 0 saturated carbocycles. The summed E-state index contributed by atoms with van der Waals surface area (Å²) in [5.74, 6) is 1.29. The van der Waals surface area contributed by atoms with Crippen LogP contribution >= 0.6 is 0 Å². The largest absolute Gasteiger partial charge is 0.497 e. The highest BCUT2D eigenvalue weighted by Crippen LogP contribution is 2.30. The average molecular weight is 410 g/mol. The number of aromatic amines is 1. The summed E-state index contributed by atoms with van der Waals surface area (Å²) in [6.45, 7) is 0. The molecule has 0 saturated heterocycles. The van der Waals surface area contributed by atoms with Crippen LogP contribution in [0.4, 0.5) is 5.69 Å². The fourth-order valence-electron chi connectivity index (χ4n) is 2.92. The highest BCUT2D eigenvalue weighted by atomic mass is 32.2. The van der Waals surface area contributed by atoms with Gasteiger partial charge in [-0.2, -0.15) is 0 Å². The minimum atomic E-state index is -3.90. The fourth-order valence-corrected chi connectivity index (χ4v) is 4.15. The van der Waals surface area contributed by atoms with Crippen molar-refractivity contribution in [1.29, 1.82) is 0 Å². The molecule has 2 N–H and O–H groups in total. The molecule has 0 bridgehead atoms. The predicted octanol–water partition coefficient (Wildman–Crippen LogP) is 3.44. The van der Waals surface area contributed by atoms with Crippen LogP contribution in [0.2, 0.25) is 0 Å². The second kappa shape index (κ2) is 7.44. The Bertz CT molecular complexity index is 1270. The number of nitrogens with zero attached hydrogens (tertiary/aromatic N) is 2. The molecule has 2 heterocycles. The standard InChI is InChI=1S/C20H18N4O4S/c1-27-15-6-8-18(28-2)19(11-15)29(25,26)24-14-5-7-16-17(10-14)23-20(22-16)13-4-3-9-21-12-13/h3-12,24H,1-2H3,(H,22,23). The zero-order valence-corrected chi connectivity index (χ0v) is 16.5. The highest BCUT2D eigenvalue weighted by molar-refractivity contribution is 7.92. The molecule has 0 aliphatic heterocycles. The molecule has 0 radical (unpaired) electrons. The number of pyridine rings is 1. The number of rotatable bonds is 6. The van der Waals surface area contributed by atoms with Gasteiger partial charge in [-0.1, -0.05) is 0 Å². The summed E-state index contributed by atoms with van der Waals surface area (Å²) in [4.78, 5) is 11.8. The number of hydrogen-bond acceptors (Lipinski definition) is 6. The van der Waals surface area contributed by atoms with Crippen molar-refractivity contribution >= 4 is 26.7 Å². The summed E-state index contributed by atoms with van der Waals surface area (Å²) < 4.78 is 38.8. The molecule has 2 aromatic heterocycles. The fraction of sp³-hybridized carbons (Fsp3) is 0.100. The Morgan fingerprint density at radius 3 is 2.62 bits per heavy atom. The lowest BCUT2D eigenvalue weighted by Crippen LogP contribution is -2.14. The van der Waals surface area contributed by atoms with E-state index in [-0.39, 0.29) is 10.6 Å². The normalized spacial score (nSPS) is 11.4. The van der Waals surface area contributed by atoms with Crippen molar-refractivity contribution in [2.24, 2.45) is 0 Å². The molecular formula is C20H18N4O4S. The van der Waals surface area contributed by atoms with E-state index in [1.54, 1.807) is 42.7 Å². The number of methoxy groups -OCH3 is 2. The SMILES string of the molecule is COc1ccc(OC)c(S(=O)(=O)Nc2ccc3nc(-c4cccnc4)[nH]c3c2)c1. The lowest BCUT2D eigenvalue weighted by molar-refractivity contribution is 0.392. The minimum Gasteiger partial charge on any atom is -0.497 e. The molecule has 0 atom stereocenters. The molecule has 4 rings (SSSR count). The van der Waals surface area contributed by atoms with E-state index in [4.69, 9.17) is 9.47 Å². The van der Waals surface area contributed by atoms with E-state index in [0.717, 1.165) is 5.56 Å². The lowest BCUT2D eigenvalue weighted by atomic mass is 10.3. The van der Waals surface area contributed by atoms with Crippen LogP contribution in [0.1, 0.15) is 0 Å². The van der Waals surface area contributed by atoms with E-state index < -0.39 is 10.0 Å². The quantitative estimate of drug-likeness (QED) is 0.504. The smallest absolute Gasteiger partial charge is 0.265 e. The van der Waals surface area contributed by atoms with Gasteiger partial charge in [0.1, 0.15) is 22.2 Å². The summed E-state index contributed by atoms with van der Waals surface area (Å²) in [5.41, 5.74) is 2.64. The van der Waals surface area contributed by atoms with Crippen LogP contribution in [-0.2, 0) is 10.0 Å². The molecular weight excluding hydrogens is 392 g/mol. The maximum absolute atomic E-state index is 12.9. The van der Waals surface area contributed by atoms with Crippen LogP contribution in [0.3, 0.4) is 0 Å². The van der Waals surface area contributed by atoms with Gasteiger partial charge in [0.25, 0.3) is 10.0 Å². The first kappa shape index (κ1) is 18.8. The van der Waals surface area contributed by atoms with Crippen LogP contribution in [0.5, 0.6) is 11.5 Å². The average Bonchev–Trinajstić information content (AvgIpc) is 3.17. The van der Waals surface area contributed by atoms with Crippen molar-refractivity contribution in [1.82, 2.24) is 15.0 Å². The Morgan fingerprint density at radius 1 is 1.03 bits per heavy atom. The molecule has 8 nitrogen and oxygen atoms in total. The Hall–Kier alpha value is -3.59. The second-order valence-corrected chi connectivity index (χ2v) is 7.83. The first-order chi connectivity index (χ1) is 14.0. The third kappa shape index (κ3) is 3.72. The van der Waals surface area contributed by atoms with Gasteiger partial charge in [0.15, 0.2) is 0 Å². The maximum atomic E-state index is 12.9. The number of H-pyrrole nitrogens is 1. The van der Waals surface area contributed by atoms with Gasteiger partial charge in [0, 0.05) is 24.0 Å². The highest BCUT2D eigenvalue weighted by Gasteiger charge is 2.21. The molecule has 29 heavy (non-hydrogen) atoms. The van der Waals surface area contributed by atoms with Crippen molar-refractivity contribution < 1.29 is 17.9 Å². The Morgan fingerprint density at radius 2 is 1.90 bits per heavy atom. The molecule has 148 valence electrons. The summed E-state index contributed by atoms with van der Waals surface area (Å²) in [6.07, 6.45) is 3.39. The Balaban J connectivity index is 1.69. The zero-order valence-electron chi connectivity index (χ0n) is 15.7. The number of anilines is 1. The summed E-state index contributed by atoms with van der Waals surface area (Å²) in [7, 11) is -1.02. The van der Waals surface area contributed by atoms with Gasteiger partial charge in [-0.25, -0.2) is 13.4 Å². The van der Waals surface area contributed by atoms with Crippen LogP contribution in [0.15, 0.2) is 65.8 Å². The molecule has 0 amide bonds. The van der Waals surface area contributed by atoms with Gasteiger partial charge >= 0.3 is 0 Å². The van der Waals surface area contributed by atoms with E-state index >= 15 is 0 Å². The van der Waals surface area contributed by atoms with Crippen LogP contribution in [0, 0.1) is 0 Å². The number of imidazole rings is 1. The summed E-state index contributed by atoms with van der Waals surface area (Å²) in [5, 5.41) is 0. The lowest BCUT2D eigenvalue weighted by Gasteiger charge is -2.12. The van der Waals surface area contributed by atoms with Crippen LogP contribution in [-0.4, -0.2) is 37.6 Å². The van der Waals surface area contributed by atoms with Crippen LogP contribution in [0.25, 0.3) is 22.4 Å². The van der Waals surface area contributed by atoms with E-state index in [1.807, 2.05) is 12.1 Å². The van der Waals surface area contributed by atoms with Crippen molar-refractivity contribution in [2.75, 3.05) is 18.9 Å². The maximum Gasteiger partial charge on any atom is 0.265 e. The number of nitrogens with one attached hydrogen (secondary N) is 2. The molecule has 0 unspecified atom stereocenters. The third-order valence-corrected chi connectivity index (χ3v) is 5.73. The number of hydrogen-bond donors (Lipinski definition) is 2. The van der Waals surface area contributed by atoms with E-state index in [0.29, 0.717) is 28.3 Å². The van der Waals surface area contributed by atoms with Gasteiger partial charge in [0.05, 0.1) is 30.9 Å². The Labute approximate surface area is 167 Å². The summed E-state index contributed by atoms with van der Waals surface area (Å²) in [6, 6.07) is 13.4. The predicted molar refractivity (Wildman–Crippen MR) is 110 cm³/mol. The van der Waals surface area contributed by atoms with Gasteiger partial charge in [0.2, 0.25) is 0 Å². The first-order valence-electron chi connectivity index (χ1n) is 8.65. The number of aromatic nitrogens is 3. The number of fused-ring (bicyclic) bond motifs is 1. The van der Waals surface area contributed by atoms with Gasteiger partial charge in [-0.3, -0.25) is 9.71 Å². The number of sulfonamides is 1. The van der Waals surface area contributed by atoms with Crippen LogP contribution < -0.4 is 14.2 Å². The monoisotopic (exact) mass is 410 g/mol. The summed E-state index contributed by atoms with van der Waals surface area (Å²) >= 11 is 0. The second-order valence-electron chi connectivity index (χ2n) is 6.18. The topological polar surface area (TPSA) is 106 Å². The zero-order chi connectivity index (χ0) is 20.4. The molecule has 4 aromatic rings. The van der Waals surface area contributed by atoms with Crippen molar-refractivity contribution in [3.63, 3.8) is 0 Å². The van der Waals surface area contributed by atoms with Gasteiger partial charge in [-0.15, -0.1) is 0 Å². The Kier molecular flexibility index (Phi) is 4.81. The van der Waals surface area contributed by atoms with E-state index in [9.17, 15) is 8.42 Å². The third-order valence-electron chi connectivity index (χ3n) is 4.33. The molecule has 2 aromatic carbocycles. The minimum absolute atomic E-state index is 0.0138. The van der Waals surface area contributed by atoms with Crippen molar-refractivity contribution in [3.05, 3.63) is 60.9 Å². The molecule has 0 fully saturated rings. The van der Waals surface area contributed by atoms with Gasteiger partial charge < -0.3 is 14.5 Å². The number of benzene rings is 2. The molecule has 0 aliphatic carbocycles. The number of ether oxygens (including phenoxy) is 2. The molecule has 9 heteroatoms. The molecule has 0 spiro atoms.